The monoisotopic (exact) mass is 495 g/mol. The average Bonchev–Trinajstić information content (AvgIpc) is 2.83. The number of alkyl halides is 3. The standard InChI is InChI=1S/C27H24F3N3O3/c1-17-15-32(16-18(2)35-17)25-11-8-20(14-31-25)33-13-12-23-22(4-3-5-24(23)26(33)34)19-6-9-21(10-7-19)36-27(28,29)30/h3-14,17-18H,15-16H2,1-2H3. The van der Waals surface area contributed by atoms with Gasteiger partial charge < -0.3 is 14.4 Å². The zero-order chi connectivity index (χ0) is 25.4. The number of rotatable bonds is 4. The molecule has 1 fully saturated rings. The predicted molar refractivity (Wildman–Crippen MR) is 132 cm³/mol. The number of nitrogens with zero attached hydrogens (tertiary/aromatic N) is 3. The Hall–Kier alpha value is -3.85. The lowest BCUT2D eigenvalue weighted by atomic mass is 9.99. The Labute approximate surface area is 205 Å². The number of hydrogen-bond acceptors (Lipinski definition) is 5. The summed E-state index contributed by atoms with van der Waals surface area (Å²) in [6.45, 7) is 5.56. The molecule has 2 unspecified atom stereocenters. The highest BCUT2D eigenvalue weighted by molar-refractivity contribution is 5.96. The van der Waals surface area contributed by atoms with E-state index in [1.165, 1.54) is 28.8 Å². The van der Waals surface area contributed by atoms with Crippen molar-refractivity contribution < 1.29 is 22.6 Å². The van der Waals surface area contributed by atoms with Crippen molar-refractivity contribution >= 4 is 16.6 Å². The van der Waals surface area contributed by atoms with Gasteiger partial charge in [-0.15, -0.1) is 13.2 Å². The van der Waals surface area contributed by atoms with Crippen LogP contribution in [0, 0.1) is 0 Å². The van der Waals surface area contributed by atoms with E-state index in [9.17, 15) is 18.0 Å². The lowest BCUT2D eigenvalue weighted by Gasteiger charge is -2.36. The first-order valence-electron chi connectivity index (χ1n) is 11.6. The number of anilines is 1. The molecule has 0 radical (unpaired) electrons. The van der Waals surface area contributed by atoms with Crippen LogP contribution in [0.2, 0.25) is 0 Å². The van der Waals surface area contributed by atoms with Gasteiger partial charge in [0.25, 0.3) is 5.56 Å². The molecule has 36 heavy (non-hydrogen) atoms. The van der Waals surface area contributed by atoms with Crippen LogP contribution in [-0.4, -0.2) is 41.2 Å². The second-order valence-corrected chi connectivity index (χ2v) is 8.87. The number of aromatic nitrogens is 2. The van der Waals surface area contributed by atoms with Crippen LogP contribution >= 0.6 is 0 Å². The smallest absolute Gasteiger partial charge is 0.406 e. The molecule has 0 amide bonds. The minimum atomic E-state index is -4.75. The molecule has 6 nitrogen and oxygen atoms in total. The third-order valence-corrected chi connectivity index (χ3v) is 6.10. The number of ether oxygens (including phenoxy) is 2. The van der Waals surface area contributed by atoms with Gasteiger partial charge in [0.1, 0.15) is 11.6 Å². The molecular formula is C27H24F3N3O3. The molecule has 1 saturated heterocycles. The minimum absolute atomic E-state index is 0.112. The van der Waals surface area contributed by atoms with Gasteiger partial charge in [0.2, 0.25) is 0 Å². The van der Waals surface area contributed by atoms with E-state index in [4.69, 9.17) is 4.74 Å². The van der Waals surface area contributed by atoms with Crippen LogP contribution in [0.1, 0.15) is 13.8 Å². The number of benzene rings is 2. The van der Waals surface area contributed by atoms with E-state index in [0.29, 0.717) is 22.0 Å². The third kappa shape index (κ3) is 4.92. The van der Waals surface area contributed by atoms with Crippen LogP contribution in [0.5, 0.6) is 5.75 Å². The molecule has 9 heteroatoms. The van der Waals surface area contributed by atoms with Crippen LogP contribution in [-0.2, 0) is 4.74 Å². The maximum absolute atomic E-state index is 13.4. The second kappa shape index (κ2) is 9.31. The van der Waals surface area contributed by atoms with Crippen LogP contribution in [0.4, 0.5) is 19.0 Å². The number of morpholine rings is 1. The number of fused-ring (bicyclic) bond motifs is 1. The van der Waals surface area contributed by atoms with Gasteiger partial charge in [-0.2, -0.15) is 0 Å². The molecular weight excluding hydrogens is 471 g/mol. The summed E-state index contributed by atoms with van der Waals surface area (Å²) in [7, 11) is 0. The van der Waals surface area contributed by atoms with Crippen molar-refractivity contribution in [3.63, 3.8) is 0 Å². The fourth-order valence-corrected chi connectivity index (χ4v) is 4.64. The Morgan fingerprint density at radius 2 is 1.67 bits per heavy atom. The molecule has 1 aliphatic rings. The molecule has 0 saturated carbocycles. The average molecular weight is 496 g/mol. The molecule has 0 spiro atoms. The zero-order valence-electron chi connectivity index (χ0n) is 19.7. The Morgan fingerprint density at radius 1 is 0.944 bits per heavy atom. The van der Waals surface area contributed by atoms with Crippen molar-refractivity contribution in [2.24, 2.45) is 0 Å². The highest BCUT2D eigenvalue weighted by Gasteiger charge is 2.31. The van der Waals surface area contributed by atoms with Crippen molar-refractivity contribution in [3.05, 3.63) is 83.4 Å². The number of halogens is 3. The molecule has 3 heterocycles. The Morgan fingerprint density at radius 3 is 2.31 bits per heavy atom. The zero-order valence-corrected chi connectivity index (χ0v) is 19.7. The maximum atomic E-state index is 13.4. The van der Waals surface area contributed by atoms with Crippen LogP contribution < -0.4 is 15.2 Å². The van der Waals surface area contributed by atoms with E-state index in [1.54, 1.807) is 24.5 Å². The summed E-state index contributed by atoms with van der Waals surface area (Å²) >= 11 is 0. The quantitative estimate of drug-likeness (QED) is 0.371. The second-order valence-electron chi connectivity index (χ2n) is 8.87. The summed E-state index contributed by atoms with van der Waals surface area (Å²) in [6, 6.07) is 16.5. The van der Waals surface area contributed by atoms with Gasteiger partial charge in [-0.3, -0.25) is 9.36 Å². The van der Waals surface area contributed by atoms with E-state index in [2.05, 4.69) is 14.6 Å². The van der Waals surface area contributed by atoms with Gasteiger partial charge in [-0.05, 0) is 66.8 Å². The van der Waals surface area contributed by atoms with Crippen molar-refractivity contribution in [1.29, 1.82) is 0 Å². The molecule has 4 aromatic rings. The Bertz CT molecular complexity index is 1420. The molecule has 0 bridgehead atoms. The molecule has 2 aromatic heterocycles. The Kier molecular flexibility index (Phi) is 6.17. The first-order valence-corrected chi connectivity index (χ1v) is 11.6. The summed E-state index contributed by atoms with van der Waals surface area (Å²) in [5, 5.41) is 1.19. The van der Waals surface area contributed by atoms with Crippen LogP contribution in [0.15, 0.2) is 77.9 Å². The lowest BCUT2D eigenvalue weighted by molar-refractivity contribution is -0.274. The first kappa shape index (κ1) is 23.9. The first-order chi connectivity index (χ1) is 17.2. The lowest BCUT2D eigenvalue weighted by Crippen LogP contribution is -2.45. The van der Waals surface area contributed by atoms with E-state index >= 15 is 0 Å². The molecule has 2 atom stereocenters. The van der Waals surface area contributed by atoms with Gasteiger partial charge in [-0.1, -0.05) is 24.3 Å². The third-order valence-electron chi connectivity index (χ3n) is 6.10. The molecule has 5 rings (SSSR count). The minimum Gasteiger partial charge on any atom is -0.406 e. The fraction of sp³-hybridized carbons (Fsp3) is 0.259. The van der Waals surface area contributed by atoms with Crippen molar-refractivity contribution in [3.8, 4) is 22.6 Å². The molecule has 2 aromatic carbocycles. The van der Waals surface area contributed by atoms with Gasteiger partial charge >= 0.3 is 6.36 Å². The fourth-order valence-electron chi connectivity index (χ4n) is 4.64. The van der Waals surface area contributed by atoms with Crippen molar-refractivity contribution in [2.75, 3.05) is 18.0 Å². The molecule has 0 aliphatic carbocycles. The summed E-state index contributed by atoms with van der Waals surface area (Å²) in [6.07, 6.45) is -1.17. The van der Waals surface area contributed by atoms with Crippen LogP contribution in [0.25, 0.3) is 27.6 Å². The summed E-state index contributed by atoms with van der Waals surface area (Å²) in [5.41, 5.74) is 1.83. The van der Waals surface area contributed by atoms with Gasteiger partial charge in [-0.25, -0.2) is 4.98 Å². The summed E-state index contributed by atoms with van der Waals surface area (Å²) in [4.78, 5) is 20.1. The number of hydrogen-bond donors (Lipinski definition) is 0. The number of pyridine rings is 2. The topological polar surface area (TPSA) is 56.6 Å². The highest BCUT2D eigenvalue weighted by Crippen LogP contribution is 2.30. The summed E-state index contributed by atoms with van der Waals surface area (Å²) < 4.78 is 48.7. The van der Waals surface area contributed by atoms with E-state index in [0.717, 1.165) is 24.5 Å². The van der Waals surface area contributed by atoms with Gasteiger partial charge in [0, 0.05) is 24.7 Å². The van der Waals surface area contributed by atoms with Gasteiger partial charge in [0.15, 0.2) is 0 Å². The van der Waals surface area contributed by atoms with Crippen LogP contribution in [0.3, 0.4) is 0 Å². The van der Waals surface area contributed by atoms with Crippen molar-refractivity contribution in [1.82, 2.24) is 9.55 Å². The summed E-state index contributed by atoms with van der Waals surface area (Å²) in [5.74, 6) is 0.528. The predicted octanol–water partition coefficient (Wildman–Crippen LogP) is 5.56. The molecule has 186 valence electrons. The largest absolute Gasteiger partial charge is 0.573 e. The normalized spacial score (nSPS) is 18.4. The molecule has 1 aliphatic heterocycles. The Balaban J connectivity index is 1.45. The maximum Gasteiger partial charge on any atom is 0.573 e. The van der Waals surface area contributed by atoms with E-state index < -0.39 is 6.36 Å². The SMILES string of the molecule is CC1CN(c2ccc(-n3ccc4c(-c5ccc(OC(F)(F)F)cc5)cccc4c3=O)cn2)CC(C)O1. The van der Waals surface area contributed by atoms with E-state index in [1.807, 2.05) is 38.1 Å². The van der Waals surface area contributed by atoms with Crippen molar-refractivity contribution in [2.45, 2.75) is 32.4 Å². The molecule has 0 N–H and O–H groups in total. The van der Waals surface area contributed by atoms with E-state index in [-0.39, 0.29) is 23.5 Å². The highest BCUT2D eigenvalue weighted by atomic mass is 19.4. The van der Waals surface area contributed by atoms with Gasteiger partial charge in [0.05, 0.1) is 24.1 Å².